The Bertz CT molecular complexity index is 651. The van der Waals surface area contributed by atoms with E-state index in [2.05, 4.69) is 21.7 Å². The van der Waals surface area contributed by atoms with Gasteiger partial charge in [-0.2, -0.15) is 0 Å². The molecule has 1 amide bonds. The maximum atomic E-state index is 12.2. The van der Waals surface area contributed by atoms with E-state index in [4.69, 9.17) is 4.74 Å². The van der Waals surface area contributed by atoms with Gasteiger partial charge in [0.2, 0.25) is 5.91 Å². The molecule has 1 aromatic carbocycles. The highest BCUT2D eigenvalue weighted by Crippen LogP contribution is 2.30. The second-order valence-electron chi connectivity index (χ2n) is 6.20. The molecule has 1 aliphatic heterocycles. The van der Waals surface area contributed by atoms with E-state index < -0.39 is 0 Å². The molecule has 1 aliphatic rings. The number of benzene rings is 1. The van der Waals surface area contributed by atoms with Gasteiger partial charge in [0, 0.05) is 19.1 Å². The number of methoxy groups -OCH3 is 1. The number of fused-ring (bicyclic) bond motifs is 1. The normalized spacial score (nSPS) is 16.4. The number of nitrogens with zero attached hydrogens (tertiary/aromatic N) is 1. The first-order valence-corrected chi connectivity index (χ1v) is 9.96. The van der Waals surface area contributed by atoms with E-state index in [-0.39, 0.29) is 23.7 Å². The average Bonchev–Trinajstić information content (AvgIpc) is 3.02. The van der Waals surface area contributed by atoms with Gasteiger partial charge in [0.25, 0.3) is 0 Å². The number of nitrogens with one attached hydrogen (secondary N) is 2. The summed E-state index contributed by atoms with van der Waals surface area (Å²) in [5.74, 6) is 0.467. The Hall–Kier alpha value is -0.860. The summed E-state index contributed by atoms with van der Waals surface area (Å²) in [6.45, 7) is 3.35. The number of hydrogen-bond acceptors (Lipinski definition) is 6. The number of halogens is 1. The number of ether oxygens (including phenoxy) is 1. The van der Waals surface area contributed by atoms with Gasteiger partial charge in [0.15, 0.2) is 4.34 Å². The summed E-state index contributed by atoms with van der Waals surface area (Å²) in [7, 11) is 1.73. The summed E-state index contributed by atoms with van der Waals surface area (Å²) in [6, 6.07) is 8.05. The highest BCUT2D eigenvalue weighted by molar-refractivity contribution is 8.01. The maximum absolute atomic E-state index is 12.2. The van der Waals surface area contributed by atoms with Crippen LogP contribution in [0, 0.1) is 5.41 Å². The van der Waals surface area contributed by atoms with Gasteiger partial charge in [0.05, 0.1) is 22.6 Å². The molecule has 0 saturated carbocycles. The summed E-state index contributed by atoms with van der Waals surface area (Å²) < 4.78 is 7.49. The summed E-state index contributed by atoms with van der Waals surface area (Å²) in [4.78, 5) is 16.8. The number of thiazole rings is 1. The molecule has 1 fully saturated rings. The zero-order valence-corrected chi connectivity index (χ0v) is 16.7. The Balaban J connectivity index is 0.00000225. The van der Waals surface area contributed by atoms with E-state index in [1.165, 1.54) is 11.8 Å². The number of amides is 1. The van der Waals surface area contributed by atoms with Gasteiger partial charge in [-0.25, -0.2) is 4.98 Å². The molecule has 5 nitrogen and oxygen atoms in total. The van der Waals surface area contributed by atoms with Crippen molar-refractivity contribution in [3.05, 3.63) is 24.3 Å². The van der Waals surface area contributed by atoms with Crippen molar-refractivity contribution in [2.45, 2.75) is 17.2 Å². The van der Waals surface area contributed by atoms with Crippen molar-refractivity contribution in [1.29, 1.82) is 0 Å². The summed E-state index contributed by atoms with van der Waals surface area (Å²) in [6.07, 6.45) is 2.07. The number of carbonyl (C=O) groups is 1. The van der Waals surface area contributed by atoms with Crippen LogP contribution >= 0.6 is 35.5 Å². The van der Waals surface area contributed by atoms with Gasteiger partial charge < -0.3 is 15.4 Å². The number of aromatic nitrogens is 1. The Labute approximate surface area is 162 Å². The molecule has 0 atom stereocenters. The van der Waals surface area contributed by atoms with Crippen LogP contribution in [-0.2, 0) is 9.53 Å². The second kappa shape index (κ2) is 9.73. The van der Waals surface area contributed by atoms with Crippen LogP contribution in [0.25, 0.3) is 10.2 Å². The number of thioether (sulfide) groups is 1. The molecule has 0 bridgehead atoms. The van der Waals surface area contributed by atoms with Gasteiger partial charge in [-0.15, -0.1) is 23.7 Å². The lowest BCUT2D eigenvalue weighted by Crippen LogP contribution is -2.47. The zero-order valence-electron chi connectivity index (χ0n) is 14.2. The quantitative estimate of drug-likeness (QED) is 0.698. The first kappa shape index (κ1) is 20.5. The monoisotopic (exact) mass is 401 g/mol. The predicted molar refractivity (Wildman–Crippen MR) is 107 cm³/mol. The zero-order chi connectivity index (χ0) is 16.8. The van der Waals surface area contributed by atoms with Gasteiger partial charge in [-0.1, -0.05) is 23.9 Å². The molecule has 3 rings (SSSR count). The molecule has 2 aromatic rings. The van der Waals surface area contributed by atoms with Crippen LogP contribution in [0.15, 0.2) is 28.6 Å². The third kappa shape index (κ3) is 5.56. The van der Waals surface area contributed by atoms with Gasteiger partial charge >= 0.3 is 0 Å². The van der Waals surface area contributed by atoms with Crippen molar-refractivity contribution in [3.8, 4) is 0 Å². The summed E-state index contributed by atoms with van der Waals surface area (Å²) in [5, 5.41) is 6.46. The van der Waals surface area contributed by atoms with Gasteiger partial charge in [0.1, 0.15) is 0 Å². The highest BCUT2D eigenvalue weighted by Gasteiger charge is 2.32. The van der Waals surface area contributed by atoms with E-state index in [9.17, 15) is 4.79 Å². The van der Waals surface area contributed by atoms with E-state index >= 15 is 0 Å². The van der Waals surface area contributed by atoms with Crippen LogP contribution in [0.3, 0.4) is 0 Å². The Kier molecular flexibility index (Phi) is 7.96. The SMILES string of the molecule is COCC1(CNC(=O)CSc2nc3ccccc3s2)CCNCC1.Cl. The summed E-state index contributed by atoms with van der Waals surface area (Å²) in [5.41, 5.74) is 1.06. The van der Waals surface area contributed by atoms with Crippen molar-refractivity contribution in [3.63, 3.8) is 0 Å². The third-order valence-electron chi connectivity index (χ3n) is 4.38. The molecule has 1 aromatic heterocycles. The molecular formula is C17H24ClN3O2S2. The number of carbonyl (C=O) groups excluding carboxylic acids is 1. The molecule has 0 radical (unpaired) electrons. The molecule has 8 heteroatoms. The van der Waals surface area contributed by atoms with Crippen LogP contribution in [0.2, 0.25) is 0 Å². The molecule has 2 heterocycles. The topological polar surface area (TPSA) is 63.2 Å². The minimum absolute atomic E-state index is 0. The molecule has 25 heavy (non-hydrogen) atoms. The Morgan fingerprint density at radius 2 is 2.16 bits per heavy atom. The maximum Gasteiger partial charge on any atom is 0.230 e. The fourth-order valence-corrected chi connectivity index (χ4v) is 4.91. The highest BCUT2D eigenvalue weighted by atomic mass is 35.5. The van der Waals surface area contributed by atoms with Crippen LogP contribution in [0.4, 0.5) is 0 Å². The molecule has 0 unspecified atom stereocenters. The lowest BCUT2D eigenvalue weighted by Gasteiger charge is -2.37. The fourth-order valence-electron chi connectivity index (χ4n) is 3.01. The van der Waals surface area contributed by atoms with E-state index in [1.54, 1.807) is 18.4 Å². The fraction of sp³-hybridized carbons (Fsp3) is 0.529. The first-order chi connectivity index (χ1) is 11.7. The van der Waals surface area contributed by atoms with E-state index in [0.717, 1.165) is 40.5 Å². The molecule has 0 spiro atoms. The smallest absolute Gasteiger partial charge is 0.230 e. The molecule has 138 valence electrons. The van der Waals surface area contributed by atoms with Crippen molar-refractivity contribution >= 4 is 51.6 Å². The van der Waals surface area contributed by atoms with Crippen molar-refractivity contribution in [2.24, 2.45) is 5.41 Å². The lowest BCUT2D eigenvalue weighted by atomic mass is 9.79. The van der Waals surface area contributed by atoms with Crippen molar-refractivity contribution in [2.75, 3.05) is 39.1 Å². The largest absolute Gasteiger partial charge is 0.384 e. The van der Waals surface area contributed by atoms with E-state index in [0.29, 0.717) is 18.9 Å². The van der Waals surface area contributed by atoms with Crippen molar-refractivity contribution < 1.29 is 9.53 Å². The molecule has 2 N–H and O–H groups in total. The number of hydrogen-bond donors (Lipinski definition) is 2. The van der Waals surface area contributed by atoms with Gasteiger partial charge in [-0.05, 0) is 38.1 Å². The number of para-hydroxylation sites is 1. The standard InChI is InChI=1S/C17H23N3O2S2.ClH/c1-22-12-17(6-8-18-9-7-17)11-19-15(21)10-23-16-20-13-4-2-3-5-14(13)24-16;/h2-5,18H,6-12H2,1H3,(H,19,21);1H. The molecular weight excluding hydrogens is 378 g/mol. The van der Waals surface area contributed by atoms with Crippen LogP contribution in [0.1, 0.15) is 12.8 Å². The minimum atomic E-state index is 0. The summed E-state index contributed by atoms with van der Waals surface area (Å²) >= 11 is 3.14. The predicted octanol–water partition coefficient (Wildman–Crippen LogP) is 2.94. The van der Waals surface area contributed by atoms with Crippen LogP contribution < -0.4 is 10.6 Å². The lowest BCUT2D eigenvalue weighted by molar-refractivity contribution is -0.119. The first-order valence-electron chi connectivity index (χ1n) is 8.16. The van der Waals surface area contributed by atoms with Crippen LogP contribution in [0.5, 0.6) is 0 Å². The minimum Gasteiger partial charge on any atom is -0.384 e. The second-order valence-corrected chi connectivity index (χ2v) is 8.45. The average molecular weight is 402 g/mol. The number of piperidine rings is 1. The Morgan fingerprint density at radius 1 is 1.40 bits per heavy atom. The number of rotatable bonds is 7. The molecule has 1 saturated heterocycles. The van der Waals surface area contributed by atoms with E-state index in [1.807, 2.05) is 18.2 Å². The van der Waals surface area contributed by atoms with Crippen molar-refractivity contribution in [1.82, 2.24) is 15.6 Å². The van der Waals surface area contributed by atoms with Gasteiger partial charge in [-0.3, -0.25) is 4.79 Å². The Morgan fingerprint density at radius 3 is 2.88 bits per heavy atom. The third-order valence-corrected chi connectivity index (χ3v) is 6.56. The molecule has 0 aliphatic carbocycles. The van der Waals surface area contributed by atoms with Crippen LogP contribution in [-0.4, -0.2) is 50.0 Å².